The number of likely N-dealkylation sites (tertiary alicyclic amines) is 2. The smallest absolute Gasteiger partial charge is 0.329 e. The van der Waals surface area contributed by atoms with Gasteiger partial charge in [-0.15, -0.1) is 0 Å². The Kier molecular flexibility index (Phi) is 6.82. The summed E-state index contributed by atoms with van der Waals surface area (Å²) >= 11 is 3.41. The average Bonchev–Trinajstić information content (AvgIpc) is 3.50. The number of benzene rings is 2. The van der Waals surface area contributed by atoms with Gasteiger partial charge in [0.25, 0.3) is 0 Å². The molecular weight excluding hydrogens is 550 g/mol. The molecular formula is C25H28BrN3O6S. The second-order valence-corrected chi connectivity index (χ2v) is 12.3. The monoisotopic (exact) mass is 577 g/mol. The van der Waals surface area contributed by atoms with Gasteiger partial charge in [0.2, 0.25) is 21.8 Å². The third-order valence-corrected chi connectivity index (χ3v) is 9.20. The zero-order valence-electron chi connectivity index (χ0n) is 19.9. The Morgan fingerprint density at radius 2 is 1.92 bits per heavy atom. The van der Waals surface area contributed by atoms with Crippen LogP contribution in [0.25, 0.3) is 10.8 Å². The van der Waals surface area contributed by atoms with Crippen molar-refractivity contribution in [1.29, 1.82) is 0 Å². The third-order valence-electron chi connectivity index (χ3n) is 7.24. The van der Waals surface area contributed by atoms with E-state index >= 15 is 0 Å². The topological polar surface area (TPSA) is 113 Å². The van der Waals surface area contributed by atoms with Crippen LogP contribution in [0.2, 0.25) is 0 Å². The molecule has 2 heterocycles. The first-order valence-electron chi connectivity index (χ1n) is 12.1. The molecule has 1 saturated carbocycles. The number of carbonyl (C=O) groups is 3. The molecule has 1 N–H and O–H groups in total. The predicted octanol–water partition coefficient (Wildman–Crippen LogP) is 2.28. The maximum absolute atomic E-state index is 13.2. The molecule has 4 atom stereocenters. The molecule has 4 unspecified atom stereocenters. The molecule has 0 aromatic heterocycles. The Labute approximate surface area is 218 Å². The van der Waals surface area contributed by atoms with Crippen LogP contribution in [0.4, 0.5) is 0 Å². The Bertz CT molecular complexity index is 1330. The largest absolute Gasteiger partial charge is 0.464 e. The molecule has 2 aromatic carbocycles. The van der Waals surface area contributed by atoms with Gasteiger partial charge in [0.15, 0.2) is 0 Å². The van der Waals surface area contributed by atoms with Gasteiger partial charge in [-0.05, 0) is 73.1 Å². The molecule has 1 aliphatic carbocycles. The molecule has 0 bridgehead atoms. The minimum atomic E-state index is -3.96. The number of sulfonamides is 1. The van der Waals surface area contributed by atoms with Crippen LogP contribution in [0.15, 0.2) is 45.8 Å². The Morgan fingerprint density at radius 3 is 2.69 bits per heavy atom. The van der Waals surface area contributed by atoms with E-state index in [0.717, 1.165) is 21.7 Å². The summed E-state index contributed by atoms with van der Waals surface area (Å²) in [7, 11) is -3.96. The first kappa shape index (κ1) is 25.2. The van der Waals surface area contributed by atoms with Crippen molar-refractivity contribution >= 4 is 54.5 Å². The van der Waals surface area contributed by atoms with E-state index in [1.165, 1.54) is 15.9 Å². The van der Waals surface area contributed by atoms with Crippen LogP contribution in [0.3, 0.4) is 0 Å². The number of nitrogens with zero attached hydrogens (tertiary/aromatic N) is 2. The van der Waals surface area contributed by atoms with Crippen molar-refractivity contribution in [2.45, 2.75) is 43.2 Å². The lowest BCUT2D eigenvalue weighted by molar-refractivity contribution is -0.155. The fourth-order valence-electron chi connectivity index (χ4n) is 5.33. The van der Waals surface area contributed by atoms with Crippen molar-refractivity contribution in [3.05, 3.63) is 40.9 Å². The van der Waals surface area contributed by atoms with Crippen LogP contribution >= 0.6 is 15.9 Å². The van der Waals surface area contributed by atoms with Gasteiger partial charge < -0.3 is 14.5 Å². The highest BCUT2D eigenvalue weighted by Crippen LogP contribution is 2.49. The highest BCUT2D eigenvalue weighted by Gasteiger charge is 2.57. The van der Waals surface area contributed by atoms with Crippen LogP contribution in [0, 0.1) is 11.8 Å². The third kappa shape index (κ3) is 4.88. The lowest BCUT2D eigenvalue weighted by atomic mass is 10.1. The number of halogens is 1. The van der Waals surface area contributed by atoms with Crippen LogP contribution in [-0.4, -0.2) is 74.3 Å². The fourth-order valence-corrected chi connectivity index (χ4v) is 6.97. The molecule has 2 amide bonds. The average molecular weight is 578 g/mol. The molecule has 192 valence electrons. The van der Waals surface area contributed by atoms with Gasteiger partial charge in [0.1, 0.15) is 12.1 Å². The normalized spacial score (nSPS) is 25.7. The lowest BCUT2D eigenvalue weighted by Gasteiger charge is -2.34. The van der Waals surface area contributed by atoms with Crippen molar-refractivity contribution in [3.63, 3.8) is 0 Å². The summed E-state index contributed by atoms with van der Waals surface area (Å²) < 4.78 is 34.8. The zero-order chi connectivity index (χ0) is 25.6. The minimum absolute atomic E-state index is 0.0758. The molecule has 11 heteroatoms. The summed E-state index contributed by atoms with van der Waals surface area (Å²) in [6, 6.07) is 8.83. The fraction of sp³-hybridized carbons (Fsp3) is 0.480. The van der Waals surface area contributed by atoms with Gasteiger partial charge in [0, 0.05) is 17.6 Å². The number of fused-ring (bicyclic) bond motifs is 2. The molecule has 36 heavy (non-hydrogen) atoms. The number of ether oxygens (including phenoxy) is 1. The van der Waals surface area contributed by atoms with Gasteiger partial charge in [-0.25, -0.2) is 13.2 Å². The Hall–Kier alpha value is -2.50. The number of hydrogen-bond acceptors (Lipinski definition) is 6. The van der Waals surface area contributed by atoms with Crippen molar-refractivity contribution in [3.8, 4) is 0 Å². The quantitative estimate of drug-likeness (QED) is 0.505. The van der Waals surface area contributed by atoms with Crippen molar-refractivity contribution in [1.82, 2.24) is 14.5 Å². The molecule has 0 radical (unpaired) electrons. The maximum atomic E-state index is 13.2. The van der Waals surface area contributed by atoms with E-state index in [4.69, 9.17) is 4.74 Å². The number of piperidine rings is 2. The molecule has 2 aromatic rings. The molecule has 3 fully saturated rings. The number of esters is 1. The Balaban J connectivity index is 1.26. The number of rotatable bonds is 7. The summed E-state index contributed by atoms with van der Waals surface area (Å²) in [6.45, 7) is 2.64. The van der Waals surface area contributed by atoms with E-state index in [9.17, 15) is 22.8 Å². The maximum Gasteiger partial charge on any atom is 0.329 e. The second kappa shape index (κ2) is 9.75. The van der Waals surface area contributed by atoms with Gasteiger partial charge >= 0.3 is 5.97 Å². The second-order valence-electron chi connectivity index (χ2n) is 9.63. The summed E-state index contributed by atoms with van der Waals surface area (Å²) in [6.07, 6.45) is 1.82. The SMILES string of the molecule is CCOC(=O)C1C2CC2CN1C(=O)CN1CCCC(NS(=O)(=O)c2ccc3cc(Br)ccc3c2)C1=O. The number of hydrogen-bond donors (Lipinski definition) is 1. The summed E-state index contributed by atoms with van der Waals surface area (Å²) in [5.41, 5.74) is 0. The lowest BCUT2D eigenvalue weighted by Crippen LogP contribution is -2.55. The van der Waals surface area contributed by atoms with Gasteiger partial charge in [-0.3, -0.25) is 9.59 Å². The zero-order valence-corrected chi connectivity index (χ0v) is 22.3. The summed E-state index contributed by atoms with van der Waals surface area (Å²) in [5, 5.41) is 1.66. The van der Waals surface area contributed by atoms with Crippen molar-refractivity contribution < 1.29 is 27.5 Å². The first-order valence-corrected chi connectivity index (χ1v) is 14.4. The minimum Gasteiger partial charge on any atom is -0.464 e. The van der Waals surface area contributed by atoms with Gasteiger partial charge in [0.05, 0.1) is 18.0 Å². The molecule has 3 aliphatic rings. The van der Waals surface area contributed by atoms with E-state index in [0.29, 0.717) is 31.8 Å². The van der Waals surface area contributed by atoms with E-state index in [-0.39, 0.29) is 29.9 Å². The Morgan fingerprint density at radius 1 is 1.17 bits per heavy atom. The van der Waals surface area contributed by atoms with Gasteiger partial charge in [-0.1, -0.05) is 28.1 Å². The van der Waals surface area contributed by atoms with E-state index in [2.05, 4.69) is 20.7 Å². The molecule has 5 rings (SSSR count). The summed E-state index contributed by atoms with van der Waals surface area (Å²) in [5.74, 6) is -0.692. The van der Waals surface area contributed by atoms with Crippen molar-refractivity contribution in [2.24, 2.45) is 11.8 Å². The van der Waals surface area contributed by atoms with Crippen LogP contribution in [0.1, 0.15) is 26.2 Å². The number of carbonyl (C=O) groups excluding carboxylic acids is 3. The van der Waals surface area contributed by atoms with E-state index in [1.54, 1.807) is 19.1 Å². The molecule has 0 spiro atoms. The predicted molar refractivity (Wildman–Crippen MR) is 135 cm³/mol. The van der Waals surface area contributed by atoms with Gasteiger partial charge in [-0.2, -0.15) is 4.72 Å². The molecule has 9 nitrogen and oxygen atoms in total. The number of nitrogens with one attached hydrogen (secondary N) is 1. The standard InChI is InChI=1S/C25H28BrN3O6S/c1-2-35-25(32)23-20-12-17(20)13-29(23)22(30)14-28-9-3-4-21(24(28)31)27-36(33,34)19-8-6-15-10-18(26)7-5-16(15)11-19/h5-8,10-11,17,20-21,23,27H,2-4,9,12-14H2,1H3. The molecule has 2 saturated heterocycles. The highest BCUT2D eigenvalue weighted by atomic mass is 79.9. The van der Waals surface area contributed by atoms with E-state index < -0.39 is 34.0 Å². The summed E-state index contributed by atoms with van der Waals surface area (Å²) in [4.78, 5) is 41.7. The molecule has 2 aliphatic heterocycles. The number of amides is 2. The van der Waals surface area contributed by atoms with E-state index in [1.807, 2.05) is 18.2 Å². The van der Waals surface area contributed by atoms with Crippen molar-refractivity contribution in [2.75, 3.05) is 26.2 Å². The van der Waals surface area contributed by atoms with Crippen LogP contribution < -0.4 is 4.72 Å². The first-order chi connectivity index (χ1) is 17.2. The van der Waals surface area contributed by atoms with Crippen LogP contribution in [-0.2, 0) is 29.1 Å². The highest BCUT2D eigenvalue weighted by molar-refractivity contribution is 9.10. The van der Waals surface area contributed by atoms with Crippen LogP contribution in [0.5, 0.6) is 0 Å².